The second kappa shape index (κ2) is 4.80. The van der Waals surface area contributed by atoms with Crippen molar-refractivity contribution in [2.75, 3.05) is 0 Å². The number of hydrogen-bond acceptors (Lipinski definition) is 5. The smallest absolute Gasteiger partial charge is 0.282 e. The molecule has 0 saturated heterocycles. The lowest BCUT2D eigenvalue weighted by atomic mass is 10.3. The number of carbonyl (C=O) groups excluding carboxylic acids is 1. The molecule has 1 N–H and O–H groups in total. The van der Waals surface area contributed by atoms with E-state index in [2.05, 4.69) is 20.5 Å². The van der Waals surface area contributed by atoms with Crippen LogP contribution in [0, 0.1) is 6.92 Å². The van der Waals surface area contributed by atoms with Gasteiger partial charge in [-0.1, -0.05) is 17.4 Å². The van der Waals surface area contributed by atoms with E-state index in [1.807, 2.05) is 25.1 Å². The Kier molecular flexibility index (Phi) is 3.21. The Hall–Kier alpha value is -1.82. The van der Waals surface area contributed by atoms with Crippen molar-refractivity contribution in [1.82, 2.24) is 20.5 Å². The number of aryl methyl sites for hydroxylation is 1. The fourth-order valence-corrected chi connectivity index (χ4v) is 1.68. The van der Waals surface area contributed by atoms with E-state index in [4.69, 9.17) is 0 Å². The van der Waals surface area contributed by atoms with Gasteiger partial charge in [0.15, 0.2) is 0 Å². The molecule has 2 rings (SSSR count). The molecule has 6 heteroatoms. The first-order chi connectivity index (χ1) is 7.75. The normalized spacial score (nSPS) is 10.1. The standard InChI is InChI=1S/C10H10N4OS/c1-7-3-2-4-8(13-7)5-11-9(15)10-14-12-6-16-10/h2-4,6H,5H2,1H3,(H,11,15). The van der Waals surface area contributed by atoms with Crippen molar-refractivity contribution in [2.24, 2.45) is 0 Å². The van der Waals surface area contributed by atoms with Gasteiger partial charge in [-0.25, -0.2) is 0 Å². The van der Waals surface area contributed by atoms with Crippen LogP contribution in [0.5, 0.6) is 0 Å². The van der Waals surface area contributed by atoms with Gasteiger partial charge in [0.05, 0.1) is 12.2 Å². The van der Waals surface area contributed by atoms with Gasteiger partial charge >= 0.3 is 0 Å². The maximum absolute atomic E-state index is 11.5. The van der Waals surface area contributed by atoms with Crippen LogP contribution < -0.4 is 5.32 Å². The minimum Gasteiger partial charge on any atom is -0.344 e. The van der Waals surface area contributed by atoms with Gasteiger partial charge in [-0.05, 0) is 19.1 Å². The molecular formula is C10H10N4OS. The van der Waals surface area contributed by atoms with Crippen molar-refractivity contribution in [2.45, 2.75) is 13.5 Å². The van der Waals surface area contributed by atoms with E-state index in [0.29, 0.717) is 11.6 Å². The molecule has 0 bridgehead atoms. The van der Waals surface area contributed by atoms with E-state index < -0.39 is 0 Å². The summed E-state index contributed by atoms with van der Waals surface area (Å²) in [5.74, 6) is -0.217. The van der Waals surface area contributed by atoms with E-state index in [0.717, 1.165) is 11.4 Å². The molecule has 0 unspecified atom stereocenters. The molecule has 0 aliphatic heterocycles. The summed E-state index contributed by atoms with van der Waals surface area (Å²) in [5, 5.41) is 10.4. The third-order valence-corrected chi connectivity index (χ3v) is 2.62. The fourth-order valence-electron chi connectivity index (χ4n) is 1.22. The molecule has 82 valence electrons. The number of rotatable bonds is 3. The second-order valence-corrected chi connectivity index (χ2v) is 4.03. The molecule has 0 aromatic carbocycles. The van der Waals surface area contributed by atoms with Crippen LogP contribution in [-0.2, 0) is 6.54 Å². The van der Waals surface area contributed by atoms with E-state index in [-0.39, 0.29) is 5.91 Å². The van der Waals surface area contributed by atoms with Crippen LogP contribution in [0.4, 0.5) is 0 Å². The molecule has 0 fully saturated rings. The zero-order valence-corrected chi connectivity index (χ0v) is 9.49. The van der Waals surface area contributed by atoms with Crippen LogP contribution in [-0.4, -0.2) is 21.1 Å². The van der Waals surface area contributed by atoms with E-state index in [9.17, 15) is 4.79 Å². The summed E-state index contributed by atoms with van der Waals surface area (Å²) < 4.78 is 0. The SMILES string of the molecule is Cc1cccc(CNC(=O)c2nncs2)n1. The number of aromatic nitrogens is 3. The Morgan fingerprint density at radius 1 is 1.50 bits per heavy atom. The number of nitrogens with zero attached hydrogens (tertiary/aromatic N) is 3. The monoisotopic (exact) mass is 234 g/mol. The van der Waals surface area contributed by atoms with Crippen molar-refractivity contribution >= 4 is 17.2 Å². The minimum atomic E-state index is -0.217. The summed E-state index contributed by atoms with van der Waals surface area (Å²) in [6.45, 7) is 2.32. The van der Waals surface area contributed by atoms with Gasteiger partial charge in [0.2, 0.25) is 5.01 Å². The minimum absolute atomic E-state index is 0.217. The Labute approximate surface area is 96.6 Å². The van der Waals surface area contributed by atoms with Crippen LogP contribution in [0.2, 0.25) is 0 Å². The third kappa shape index (κ3) is 2.60. The van der Waals surface area contributed by atoms with Gasteiger partial charge in [-0.15, -0.1) is 10.2 Å². The number of amides is 1. The molecule has 5 nitrogen and oxygen atoms in total. The molecule has 2 aromatic heterocycles. The molecule has 2 aromatic rings. The number of pyridine rings is 1. The van der Waals surface area contributed by atoms with Gasteiger partial charge in [-0.2, -0.15) is 0 Å². The summed E-state index contributed by atoms with van der Waals surface area (Å²) in [5.41, 5.74) is 3.29. The molecular weight excluding hydrogens is 224 g/mol. The van der Waals surface area contributed by atoms with Crippen molar-refractivity contribution in [3.63, 3.8) is 0 Å². The van der Waals surface area contributed by atoms with Crippen molar-refractivity contribution in [3.8, 4) is 0 Å². The maximum atomic E-state index is 11.5. The van der Waals surface area contributed by atoms with Crippen LogP contribution >= 0.6 is 11.3 Å². The lowest BCUT2D eigenvalue weighted by molar-refractivity contribution is 0.0949. The Morgan fingerprint density at radius 3 is 3.06 bits per heavy atom. The molecule has 1 amide bonds. The maximum Gasteiger partial charge on any atom is 0.282 e. The van der Waals surface area contributed by atoms with Gasteiger partial charge in [0, 0.05) is 5.69 Å². The Morgan fingerprint density at radius 2 is 2.38 bits per heavy atom. The first-order valence-electron chi connectivity index (χ1n) is 4.72. The molecule has 16 heavy (non-hydrogen) atoms. The van der Waals surface area contributed by atoms with Crippen LogP contribution in [0.3, 0.4) is 0 Å². The van der Waals surface area contributed by atoms with Crippen molar-refractivity contribution in [3.05, 3.63) is 40.1 Å². The van der Waals surface area contributed by atoms with Crippen LogP contribution in [0.15, 0.2) is 23.7 Å². The molecule has 0 radical (unpaired) electrons. The first-order valence-corrected chi connectivity index (χ1v) is 5.60. The van der Waals surface area contributed by atoms with Gasteiger partial charge < -0.3 is 5.32 Å². The van der Waals surface area contributed by atoms with Crippen molar-refractivity contribution < 1.29 is 4.79 Å². The van der Waals surface area contributed by atoms with Crippen LogP contribution in [0.1, 0.15) is 21.2 Å². The average molecular weight is 234 g/mol. The average Bonchev–Trinajstić information content (AvgIpc) is 2.79. The van der Waals surface area contributed by atoms with Gasteiger partial charge in [0.25, 0.3) is 5.91 Å². The third-order valence-electron chi connectivity index (χ3n) is 1.93. The zero-order valence-electron chi connectivity index (χ0n) is 8.67. The number of carbonyl (C=O) groups is 1. The Bertz CT molecular complexity index is 483. The molecule has 0 aliphatic carbocycles. The largest absolute Gasteiger partial charge is 0.344 e. The molecule has 0 saturated carbocycles. The van der Waals surface area contributed by atoms with Gasteiger partial charge in [-0.3, -0.25) is 9.78 Å². The molecule has 0 aliphatic rings. The number of hydrogen-bond donors (Lipinski definition) is 1. The first kappa shape index (κ1) is 10.7. The summed E-state index contributed by atoms with van der Waals surface area (Å²) >= 11 is 1.21. The van der Waals surface area contributed by atoms with E-state index in [1.54, 1.807) is 0 Å². The molecule has 2 heterocycles. The zero-order chi connectivity index (χ0) is 11.4. The predicted molar refractivity (Wildman–Crippen MR) is 60.1 cm³/mol. The highest BCUT2D eigenvalue weighted by atomic mass is 32.1. The van der Waals surface area contributed by atoms with E-state index in [1.165, 1.54) is 16.8 Å². The summed E-state index contributed by atoms with van der Waals surface area (Å²) in [6.07, 6.45) is 0. The fraction of sp³-hybridized carbons (Fsp3) is 0.200. The Balaban J connectivity index is 1.95. The predicted octanol–water partition coefficient (Wildman–Crippen LogP) is 1.17. The summed E-state index contributed by atoms with van der Waals surface area (Å²) in [6, 6.07) is 5.69. The van der Waals surface area contributed by atoms with Gasteiger partial charge in [0.1, 0.15) is 5.51 Å². The lowest BCUT2D eigenvalue weighted by Gasteiger charge is -2.02. The van der Waals surface area contributed by atoms with Crippen LogP contribution in [0.25, 0.3) is 0 Å². The summed E-state index contributed by atoms with van der Waals surface area (Å²) in [7, 11) is 0. The van der Waals surface area contributed by atoms with Crippen molar-refractivity contribution in [1.29, 1.82) is 0 Å². The highest BCUT2D eigenvalue weighted by molar-refractivity contribution is 7.11. The molecule has 0 atom stereocenters. The van der Waals surface area contributed by atoms with E-state index >= 15 is 0 Å². The topological polar surface area (TPSA) is 67.8 Å². The second-order valence-electron chi connectivity index (χ2n) is 3.20. The highest BCUT2D eigenvalue weighted by Crippen LogP contribution is 2.02. The summed E-state index contributed by atoms with van der Waals surface area (Å²) in [4.78, 5) is 15.8. The number of nitrogens with one attached hydrogen (secondary N) is 1. The highest BCUT2D eigenvalue weighted by Gasteiger charge is 2.08. The lowest BCUT2D eigenvalue weighted by Crippen LogP contribution is -2.23. The molecule has 0 spiro atoms. The quantitative estimate of drug-likeness (QED) is 0.865.